The first-order valence-corrected chi connectivity index (χ1v) is 15.9. The molecule has 1 unspecified atom stereocenters. The third-order valence-electron chi connectivity index (χ3n) is 7.20. The summed E-state index contributed by atoms with van der Waals surface area (Å²) in [5.41, 5.74) is 1.67. The fourth-order valence-electron chi connectivity index (χ4n) is 4.79. The molecule has 0 saturated heterocycles. The first-order chi connectivity index (χ1) is 19.5. The van der Waals surface area contributed by atoms with Gasteiger partial charge in [-0.15, -0.1) is 0 Å². The van der Waals surface area contributed by atoms with Crippen LogP contribution in [0.25, 0.3) is 0 Å². The lowest BCUT2D eigenvalue weighted by Gasteiger charge is -2.32. The lowest BCUT2D eigenvalue weighted by Crippen LogP contribution is -2.52. The van der Waals surface area contributed by atoms with Gasteiger partial charge in [-0.2, -0.15) is 0 Å². The van der Waals surface area contributed by atoms with E-state index in [4.69, 9.17) is 34.8 Å². The minimum atomic E-state index is -4.26. The van der Waals surface area contributed by atoms with Gasteiger partial charge in [-0.3, -0.25) is 13.9 Å². The quantitative estimate of drug-likeness (QED) is 0.271. The Morgan fingerprint density at radius 3 is 2.17 bits per heavy atom. The number of hydrogen-bond donors (Lipinski definition) is 1. The van der Waals surface area contributed by atoms with Gasteiger partial charge in [-0.05, 0) is 74.7 Å². The molecule has 3 aromatic rings. The van der Waals surface area contributed by atoms with Crippen LogP contribution < -0.4 is 9.62 Å². The molecule has 4 rings (SSSR count). The summed E-state index contributed by atoms with van der Waals surface area (Å²) in [6.07, 6.45) is 3.86. The normalized spacial score (nSPS) is 14.5. The summed E-state index contributed by atoms with van der Waals surface area (Å²) in [4.78, 5) is 28.7. The number of anilines is 1. The Morgan fingerprint density at radius 2 is 1.54 bits per heavy atom. The van der Waals surface area contributed by atoms with Crippen molar-refractivity contribution in [3.05, 3.63) is 92.9 Å². The molecule has 7 nitrogen and oxygen atoms in total. The second kappa shape index (κ2) is 13.5. The average Bonchev–Trinajstić information content (AvgIpc) is 3.45. The van der Waals surface area contributed by atoms with Crippen LogP contribution in [0, 0.1) is 6.92 Å². The average molecular weight is 637 g/mol. The van der Waals surface area contributed by atoms with E-state index < -0.39 is 28.5 Å². The van der Waals surface area contributed by atoms with Crippen molar-refractivity contribution in [1.29, 1.82) is 0 Å². The van der Waals surface area contributed by atoms with Crippen molar-refractivity contribution in [2.24, 2.45) is 0 Å². The molecule has 41 heavy (non-hydrogen) atoms. The van der Waals surface area contributed by atoms with Crippen LogP contribution >= 0.6 is 34.8 Å². The molecule has 0 aromatic heterocycles. The number of rotatable bonds is 10. The molecule has 1 aliphatic carbocycles. The van der Waals surface area contributed by atoms with E-state index in [2.05, 4.69) is 5.32 Å². The minimum Gasteiger partial charge on any atom is -0.352 e. The van der Waals surface area contributed by atoms with Crippen molar-refractivity contribution < 1.29 is 18.0 Å². The van der Waals surface area contributed by atoms with Crippen molar-refractivity contribution in [3.8, 4) is 0 Å². The van der Waals surface area contributed by atoms with Crippen LogP contribution in [-0.2, 0) is 26.2 Å². The molecule has 1 aliphatic rings. The fourth-order valence-corrected chi connectivity index (χ4v) is 6.78. The predicted molar refractivity (Wildman–Crippen MR) is 164 cm³/mol. The smallest absolute Gasteiger partial charge is 0.264 e. The Labute approximate surface area is 256 Å². The molecule has 2 amide bonds. The highest BCUT2D eigenvalue weighted by atomic mass is 35.5. The van der Waals surface area contributed by atoms with E-state index in [1.54, 1.807) is 43.3 Å². The number of benzene rings is 3. The van der Waals surface area contributed by atoms with Crippen LogP contribution in [0.4, 0.5) is 5.69 Å². The lowest BCUT2D eigenvalue weighted by atomic mass is 10.1. The number of sulfonamides is 1. The molecule has 1 saturated carbocycles. The van der Waals surface area contributed by atoms with Gasteiger partial charge in [0.05, 0.1) is 15.6 Å². The Hall–Kier alpha value is -2.78. The van der Waals surface area contributed by atoms with Crippen molar-refractivity contribution in [3.63, 3.8) is 0 Å². The Morgan fingerprint density at radius 1 is 0.927 bits per heavy atom. The van der Waals surface area contributed by atoms with Gasteiger partial charge in [0.25, 0.3) is 10.0 Å². The predicted octanol–water partition coefficient (Wildman–Crippen LogP) is 6.63. The van der Waals surface area contributed by atoms with Crippen LogP contribution in [0.1, 0.15) is 43.7 Å². The van der Waals surface area contributed by atoms with E-state index in [0.29, 0.717) is 5.02 Å². The minimum absolute atomic E-state index is 0.0109. The van der Waals surface area contributed by atoms with Crippen molar-refractivity contribution in [2.75, 3.05) is 10.8 Å². The van der Waals surface area contributed by atoms with Crippen LogP contribution in [0.15, 0.2) is 71.6 Å². The molecule has 3 aromatic carbocycles. The van der Waals surface area contributed by atoms with Crippen molar-refractivity contribution in [1.82, 2.24) is 10.2 Å². The van der Waals surface area contributed by atoms with Gasteiger partial charge in [0, 0.05) is 22.6 Å². The first-order valence-electron chi connectivity index (χ1n) is 13.3. The molecule has 0 bridgehead atoms. The molecule has 1 fully saturated rings. The second-order valence-corrected chi connectivity index (χ2v) is 13.4. The summed E-state index contributed by atoms with van der Waals surface area (Å²) < 4.78 is 28.9. The Kier molecular flexibility index (Phi) is 10.2. The van der Waals surface area contributed by atoms with E-state index in [1.807, 2.05) is 6.92 Å². The van der Waals surface area contributed by atoms with Gasteiger partial charge in [0.1, 0.15) is 12.6 Å². The van der Waals surface area contributed by atoms with E-state index in [-0.39, 0.29) is 39.1 Å². The van der Waals surface area contributed by atoms with Gasteiger partial charge >= 0.3 is 0 Å². The third-order valence-corrected chi connectivity index (χ3v) is 9.78. The zero-order valence-corrected chi connectivity index (χ0v) is 25.9. The molecule has 0 radical (unpaired) electrons. The van der Waals surface area contributed by atoms with Gasteiger partial charge in [-0.1, -0.05) is 77.5 Å². The van der Waals surface area contributed by atoms with Crippen molar-refractivity contribution in [2.45, 2.75) is 63.1 Å². The number of nitrogens with one attached hydrogen (secondary N) is 1. The first kappa shape index (κ1) is 31.2. The van der Waals surface area contributed by atoms with E-state index in [9.17, 15) is 18.0 Å². The van der Waals surface area contributed by atoms with E-state index in [0.717, 1.165) is 41.1 Å². The number of carbonyl (C=O) groups excluding carboxylic acids is 2. The molecule has 1 N–H and O–H groups in total. The van der Waals surface area contributed by atoms with Gasteiger partial charge in [0.2, 0.25) is 11.8 Å². The summed E-state index contributed by atoms with van der Waals surface area (Å²) in [5, 5.41) is 3.94. The van der Waals surface area contributed by atoms with Crippen LogP contribution in [0.2, 0.25) is 15.1 Å². The fraction of sp³-hybridized carbons (Fsp3) is 0.333. The molecule has 0 spiro atoms. The molecule has 0 aliphatic heterocycles. The lowest BCUT2D eigenvalue weighted by molar-refractivity contribution is -0.139. The molecule has 0 heterocycles. The topological polar surface area (TPSA) is 86.8 Å². The van der Waals surface area contributed by atoms with Crippen molar-refractivity contribution >= 4 is 62.3 Å². The third kappa shape index (κ3) is 7.74. The Bertz CT molecular complexity index is 1490. The van der Waals surface area contributed by atoms with Gasteiger partial charge < -0.3 is 10.2 Å². The van der Waals surface area contributed by atoms with Crippen LogP contribution in [0.3, 0.4) is 0 Å². The number of aryl methyl sites for hydroxylation is 1. The summed E-state index contributed by atoms with van der Waals surface area (Å²) in [7, 11) is -4.26. The molecule has 1 atom stereocenters. The SMILES string of the molecule is Cc1ccc(S(=O)(=O)N(CC(=O)N(Cc2ccc(Cl)cc2)C(C)C(=O)NC2CCCC2)c2cc(Cl)ccc2Cl)cc1. The number of halogens is 3. The number of amides is 2. The van der Waals surface area contributed by atoms with E-state index in [1.165, 1.54) is 35.2 Å². The molecule has 218 valence electrons. The largest absolute Gasteiger partial charge is 0.352 e. The Balaban J connectivity index is 1.71. The number of carbonyl (C=O) groups is 2. The summed E-state index contributed by atoms with van der Waals surface area (Å²) >= 11 is 18.7. The highest BCUT2D eigenvalue weighted by molar-refractivity contribution is 7.92. The monoisotopic (exact) mass is 635 g/mol. The molecular formula is C30H32Cl3N3O4S. The highest BCUT2D eigenvalue weighted by Crippen LogP contribution is 2.33. The summed E-state index contributed by atoms with van der Waals surface area (Å²) in [6, 6.07) is 16.8. The summed E-state index contributed by atoms with van der Waals surface area (Å²) in [5.74, 6) is -0.881. The van der Waals surface area contributed by atoms with Gasteiger partial charge in [0.15, 0.2) is 0 Å². The van der Waals surface area contributed by atoms with Gasteiger partial charge in [-0.25, -0.2) is 8.42 Å². The zero-order valence-electron chi connectivity index (χ0n) is 22.8. The number of nitrogens with zero attached hydrogens (tertiary/aromatic N) is 2. The second-order valence-electron chi connectivity index (χ2n) is 10.2. The molecule has 11 heteroatoms. The maximum atomic E-state index is 14.0. The van der Waals surface area contributed by atoms with Crippen LogP contribution in [-0.4, -0.2) is 43.8 Å². The zero-order chi connectivity index (χ0) is 29.7. The standard InChI is InChI=1S/C30H32Cl3N3O4S/c1-20-7-14-26(15-8-20)41(39,40)36(28-17-24(32)13-16-27(28)33)19-29(37)35(18-22-9-11-23(31)12-10-22)21(2)30(38)34-25-5-3-4-6-25/h7-17,21,25H,3-6,18-19H2,1-2H3,(H,34,38). The highest BCUT2D eigenvalue weighted by Gasteiger charge is 2.34. The maximum absolute atomic E-state index is 14.0. The van der Waals surface area contributed by atoms with E-state index >= 15 is 0 Å². The maximum Gasteiger partial charge on any atom is 0.264 e. The number of hydrogen-bond acceptors (Lipinski definition) is 4. The molecular weight excluding hydrogens is 605 g/mol. The van der Waals surface area contributed by atoms with Crippen LogP contribution in [0.5, 0.6) is 0 Å². The summed E-state index contributed by atoms with van der Waals surface area (Å²) in [6.45, 7) is 2.95.